The van der Waals surface area contributed by atoms with Gasteiger partial charge in [-0.25, -0.2) is 0 Å². The lowest BCUT2D eigenvalue weighted by Gasteiger charge is -2.32. The van der Waals surface area contributed by atoms with Crippen LogP contribution in [0.5, 0.6) is 0 Å². The molecule has 0 atom stereocenters. The van der Waals surface area contributed by atoms with Crippen LogP contribution in [0, 0.1) is 0 Å². The molecular formula is C34H46N2P2Si2. The van der Waals surface area contributed by atoms with Crippen LogP contribution in [0.15, 0.2) is 130 Å². The van der Waals surface area contributed by atoms with Gasteiger partial charge in [0, 0.05) is 14.1 Å². The van der Waals surface area contributed by atoms with E-state index in [0.29, 0.717) is 0 Å². The second-order valence-electron chi connectivity index (χ2n) is 12.6. The van der Waals surface area contributed by atoms with Gasteiger partial charge in [0.1, 0.15) is 0 Å². The Morgan fingerprint density at radius 1 is 0.400 bits per heavy atom. The van der Waals surface area contributed by atoms with E-state index in [0.717, 1.165) is 25.2 Å². The van der Waals surface area contributed by atoms with E-state index in [9.17, 15) is 0 Å². The highest BCUT2D eigenvalue weighted by molar-refractivity contribution is 7.82. The molecule has 0 amide bonds. The van der Waals surface area contributed by atoms with Gasteiger partial charge in [-0.3, -0.25) is 0 Å². The first-order valence-electron chi connectivity index (χ1n) is 14.5. The molecule has 0 aromatic heterocycles. The fourth-order valence-corrected chi connectivity index (χ4v) is 22.0. The van der Waals surface area contributed by atoms with Crippen LogP contribution in [0.3, 0.4) is 0 Å². The van der Waals surface area contributed by atoms with Gasteiger partial charge in [0.05, 0.1) is 0 Å². The van der Waals surface area contributed by atoms with Crippen LogP contribution in [0.4, 0.5) is 0 Å². The predicted octanol–water partition coefficient (Wildman–Crippen LogP) is 9.14. The molecule has 210 valence electrons. The van der Waals surface area contributed by atoms with E-state index in [1.165, 1.54) is 21.2 Å². The van der Waals surface area contributed by atoms with Crippen molar-refractivity contribution in [3.63, 3.8) is 0 Å². The highest BCUT2D eigenvalue weighted by Gasteiger charge is 2.30. The van der Waals surface area contributed by atoms with Crippen molar-refractivity contribution in [1.82, 2.24) is 0 Å². The molecule has 0 aliphatic rings. The molecule has 0 fully saturated rings. The fourth-order valence-electron chi connectivity index (χ4n) is 5.55. The van der Waals surface area contributed by atoms with Crippen molar-refractivity contribution in [2.24, 2.45) is 8.82 Å². The first-order chi connectivity index (χ1) is 19.0. The molecule has 4 aromatic rings. The molecule has 0 spiro atoms. The van der Waals surface area contributed by atoms with E-state index in [-0.39, 0.29) is 0 Å². The highest BCUT2D eigenvalue weighted by atomic mass is 31.2. The van der Waals surface area contributed by atoms with Crippen LogP contribution < -0.4 is 21.2 Å². The Morgan fingerprint density at radius 3 is 0.825 bits per heavy atom. The third kappa shape index (κ3) is 7.74. The minimum Gasteiger partial charge on any atom is -0.329 e. The summed E-state index contributed by atoms with van der Waals surface area (Å²) in [5.41, 5.74) is 0. The summed E-state index contributed by atoms with van der Waals surface area (Å²) in [5, 5.41) is 5.68. The van der Waals surface area contributed by atoms with Crippen molar-refractivity contribution >= 4 is 51.8 Å². The van der Waals surface area contributed by atoms with E-state index < -0.39 is 30.6 Å². The molecule has 0 N–H and O–H groups in total. The van der Waals surface area contributed by atoms with E-state index in [2.05, 4.69) is 161 Å². The van der Waals surface area contributed by atoms with Crippen molar-refractivity contribution in [2.75, 3.05) is 12.3 Å². The minimum absolute atomic E-state index is 1.11. The Labute approximate surface area is 245 Å². The summed E-state index contributed by atoms with van der Waals surface area (Å²) in [7, 11) is -7.27. The summed E-state index contributed by atoms with van der Waals surface area (Å²) in [6.45, 7) is 14.3. The first-order valence-corrected chi connectivity index (χ1v) is 25.3. The summed E-state index contributed by atoms with van der Waals surface area (Å²) >= 11 is 0. The van der Waals surface area contributed by atoms with Gasteiger partial charge in [0.15, 0.2) is 16.5 Å². The van der Waals surface area contributed by atoms with E-state index >= 15 is 0 Å². The predicted molar refractivity (Wildman–Crippen MR) is 189 cm³/mol. The Kier molecular flexibility index (Phi) is 10.1. The molecule has 2 nitrogen and oxygen atoms in total. The molecule has 0 aliphatic carbocycles. The monoisotopic (exact) mass is 600 g/mol. The smallest absolute Gasteiger partial charge is 0.171 e. The van der Waals surface area contributed by atoms with Gasteiger partial charge >= 0.3 is 0 Å². The number of hydrogen-bond donors (Lipinski definition) is 0. The SMILES string of the molecule is C[Si](C)(C)N=P(CCCCP(=N[Si](C)(C)C)(c1ccccc1)c1ccccc1)(c1ccccc1)c1ccccc1. The van der Waals surface area contributed by atoms with Crippen LogP contribution in [0.2, 0.25) is 39.3 Å². The molecule has 0 heterocycles. The zero-order valence-electron chi connectivity index (χ0n) is 25.2. The average molecular weight is 601 g/mol. The Morgan fingerprint density at radius 2 is 0.625 bits per heavy atom. The second kappa shape index (κ2) is 13.2. The molecule has 40 heavy (non-hydrogen) atoms. The summed E-state index contributed by atoms with van der Waals surface area (Å²) in [6.07, 6.45) is 4.52. The Balaban J connectivity index is 1.77. The van der Waals surface area contributed by atoms with Crippen molar-refractivity contribution in [3.8, 4) is 0 Å². The maximum Gasteiger partial charge on any atom is 0.171 e. The van der Waals surface area contributed by atoms with E-state index in [1.807, 2.05) is 0 Å². The van der Waals surface area contributed by atoms with Gasteiger partial charge in [0.2, 0.25) is 0 Å². The third-order valence-electron chi connectivity index (χ3n) is 6.89. The van der Waals surface area contributed by atoms with Gasteiger partial charge in [0.25, 0.3) is 0 Å². The van der Waals surface area contributed by atoms with Crippen molar-refractivity contribution in [2.45, 2.75) is 52.1 Å². The molecule has 0 bridgehead atoms. The lowest BCUT2D eigenvalue weighted by Crippen LogP contribution is -2.26. The third-order valence-corrected chi connectivity index (χ3v) is 21.0. The number of rotatable bonds is 11. The van der Waals surface area contributed by atoms with Crippen molar-refractivity contribution in [3.05, 3.63) is 121 Å². The van der Waals surface area contributed by atoms with Gasteiger partial charge in [-0.2, -0.15) is 0 Å². The normalized spacial score (nSPS) is 12.7. The Bertz CT molecular complexity index is 1260. The topological polar surface area (TPSA) is 24.7 Å². The largest absolute Gasteiger partial charge is 0.329 e. The van der Waals surface area contributed by atoms with Crippen LogP contribution in [-0.4, -0.2) is 28.8 Å². The van der Waals surface area contributed by atoms with Gasteiger partial charge in [-0.1, -0.05) is 161 Å². The first kappa shape index (κ1) is 30.7. The van der Waals surface area contributed by atoms with E-state index in [1.54, 1.807) is 0 Å². The zero-order chi connectivity index (χ0) is 28.7. The van der Waals surface area contributed by atoms with Gasteiger partial charge in [-0.15, -0.1) is 0 Å². The Hall–Kier alpha value is -2.23. The maximum absolute atomic E-state index is 5.83. The van der Waals surface area contributed by atoms with Crippen LogP contribution in [0.25, 0.3) is 0 Å². The quantitative estimate of drug-likeness (QED) is 0.0932. The molecule has 4 aromatic carbocycles. The standard InChI is InChI=1S/C34H46N2P2Si2/c1-39(2,3)35-37(31-21-11-7-12-22-31,32-23-13-8-14-24-32)29-19-20-30-38(36-40(4,5)6,33-25-15-9-16-26-33)34-27-17-10-18-28-34/h7-18,21-28H,19-20,29-30H2,1-6H3. The molecule has 0 aliphatic heterocycles. The average Bonchev–Trinajstić information content (AvgIpc) is 2.94. The lowest BCUT2D eigenvalue weighted by molar-refractivity contribution is 0.897. The molecule has 6 heteroatoms. The van der Waals surface area contributed by atoms with Crippen LogP contribution >= 0.6 is 14.1 Å². The molecule has 0 saturated heterocycles. The van der Waals surface area contributed by atoms with E-state index in [4.69, 9.17) is 8.82 Å². The number of benzene rings is 4. The molecule has 4 rings (SSSR count). The summed E-state index contributed by atoms with van der Waals surface area (Å²) < 4.78 is 11.7. The molecule has 0 unspecified atom stereocenters. The second-order valence-corrected chi connectivity index (χ2v) is 28.9. The maximum atomic E-state index is 5.83. The number of nitrogens with zero attached hydrogens (tertiary/aromatic N) is 2. The lowest BCUT2D eigenvalue weighted by atomic mass is 10.4. The minimum atomic E-state index is -1.91. The summed E-state index contributed by atoms with van der Waals surface area (Å²) in [6, 6.07) is 44.7. The molecule has 0 radical (unpaired) electrons. The van der Waals surface area contributed by atoms with Crippen molar-refractivity contribution in [1.29, 1.82) is 0 Å². The summed E-state index contributed by atoms with van der Waals surface area (Å²) in [4.78, 5) is 0. The molecule has 0 saturated carbocycles. The van der Waals surface area contributed by atoms with Gasteiger partial charge in [-0.05, 0) is 46.4 Å². The molecular weight excluding hydrogens is 555 g/mol. The number of hydrogen-bond acceptors (Lipinski definition) is 2. The van der Waals surface area contributed by atoms with Crippen LogP contribution in [0.1, 0.15) is 12.8 Å². The van der Waals surface area contributed by atoms with Gasteiger partial charge < -0.3 is 8.82 Å². The van der Waals surface area contributed by atoms with Crippen LogP contribution in [-0.2, 0) is 0 Å². The highest BCUT2D eigenvalue weighted by Crippen LogP contribution is 2.52. The summed E-state index contributed by atoms with van der Waals surface area (Å²) in [5.74, 6) is 0. The van der Waals surface area contributed by atoms with Crippen molar-refractivity contribution < 1.29 is 0 Å². The number of unbranched alkanes of at least 4 members (excludes halogenated alkanes) is 1. The zero-order valence-corrected chi connectivity index (χ0v) is 29.0. The fraction of sp³-hybridized carbons (Fsp3) is 0.294.